The second-order valence-electron chi connectivity index (χ2n) is 11.8. The van der Waals surface area contributed by atoms with Crippen LogP contribution in [-0.2, 0) is 4.79 Å². The molecule has 0 heterocycles. The molecule has 0 aliphatic rings. The van der Waals surface area contributed by atoms with Crippen LogP contribution in [0.25, 0.3) is 0 Å². The van der Waals surface area contributed by atoms with Gasteiger partial charge in [-0.3, -0.25) is 4.79 Å². The molecule has 6 nitrogen and oxygen atoms in total. The van der Waals surface area contributed by atoms with Crippen molar-refractivity contribution in [1.82, 2.24) is 5.32 Å². The average molecular weight is 582 g/mol. The summed E-state index contributed by atoms with van der Waals surface area (Å²) in [4.78, 5) is 12.4. The van der Waals surface area contributed by atoms with Gasteiger partial charge in [0.05, 0.1) is 18.8 Å². The van der Waals surface area contributed by atoms with Gasteiger partial charge in [-0.15, -0.1) is 0 Å². The molecule has 4 atom stereocenters. The van der Waals surface area contributed by atoms with E-state index in [0.29, 0.717) is 19.3 Å². The zero-order valence-electron chi connectivity index (χ0n) is 26.8. The molecule has 0 rings (SSSR count). The monoisotopic (exact) mass is 582 g/mol. The van der Waals surface area contributed by atoms with E-state index in [1.165, 1.54) is 89.9 Å². The maximum absolute atomic E-state index is 12.4. The lowest BCUT2D eigenvalue weighted by Crippen LogP contribution is -2.53. The van der Waals surface area contributed by atoms with E-state index in [2.05, 4.69) is 43.5 Å². The minimum atomic E-state index is -1.28. The predicted molar refractivity (Wildman–Crippen MR) is 173 cm³/mol. The first-order valence-electron chi connectivity index (χ1n) is 17.2. The van der Waals surface area contributed by atoms with Crippen LogP contribution < -0.4 is 5.32 Å². The van der Waals surface area contributed by atoms with Crippen LogP contribution in [0.4, 0.5) is 0 Å². The van der Waals surface area contributed by atoms with Crippen molar-refractivity contribution in [2.45, 2.75) is 186 Å². The number of nitrogens with one attached hydrogen (secondary N) is 1. The molecule has 0 spiro atoms. The number of carbonyl (C=O) groups is 1. The third kappa shape index (κ3) is 25.0. The minimum Gasteiger partial charge on any atom is -0.394 e. The average Bonchev–Trinajstić information content (AvgIpc) is 2.98. The highest BCUT2D eigenvalue weighted by atomic mass is 16.3. The van der Waals surface area contributed by atoms with Gasteiger partial charge in [-0.05, 0) is 51.4 Å². The number of amides is 1. The Hall–Kier alpha value is -1.21. The highest BCUT2D eigenvalue weighted by Gasteiger charge is 2.28. The summed E-state index contributed by atoms with van der Waals surface area (Å²) in [6, 6.07) is -1.00. The van der Waals surface area contributed by atoms with Crippen LogP contribution in [0.15, 0.2) is 24.3 Å². The Morgan fingerprint density at radius 3 is 1.54 bits per heavy atom. The number of hydrogen-bond donors (Lipinski definition) is 5. The molecule has 0 aliphatic heterocycles. The quantitative estimate of drug-likeness (QED) is 0.0442. The summed E-state index contributed by atoms with van der Waals surface area (Å²) in [6.07, 6.45) is 30.6. The number of rotatable bonds is 30. The Balaban J connectivity index is 3.94. The van der Waals surface area contributed by atoms with Crippen LogP contribution >= 0.6 is 0 Å². The third-order valence-electron chi connectivity index (χ3n) is 7.89. The van der Waals surface area contributed by atoms with Gasteiger partial charge in [-0.25, -0.2) is 0 Å². The summed E-state index contributed by atoms with van der Waals surface area (Å²) in [5, 5.41) is 43.2. The molecule has 6 heteroatoms. The number of allylic oxidation sites excluding steroid dienone is 4. The SMILES string of the molecule is CCCCCCCC/C=C/CC/C=C/CCCC(O)C(O)C(CO)NC(=O)C(O)CCCCCCCCCCCC. The molecule has 0 fully saturated rings. The van der Waals surface area contributed by atoms with Crippen LogP contribution in [-0.4, -0.2) is 57.3 Å². The van der Waals surface area contributed by atoms with E-state index in [0.717, 1.165) is 38.5 Å². The standard InChI is InChI=1S/C35H67NO5/c1-3-5-7-9-11-13-15-16-17-18-19-21-22-24-26-28-32(38)34(40)31(30-37)36-35(41)33(39)29-27-25-23-20-14-12-10-8-6-4-2/h16-17,21-22,31-34,37-40H,3-15,18-20,23-30H2,1-2H3,(H,36,41)/b17-16+,22-21+. The van der Waals surface area contributed by atoms with Crippen LogP contribution in [0, 0.1) is 0 Å². The predicted octanol–water partition coefficient (Wildman–Crippen LogP) is 7.67. The Morgan fingerprint density at radius 2 is 1.02 bits per heavy atom. The maximum atomic E-state index is 12.4. The zero-order chi connectivity index (χ0) is 30.4. The molecule has 0 aliphatic carbocycles. The molecule has 5 N–H and O–H groups in total. The molecule has 4 unspecified atom stereocenters. The van der Waals surface area contributed by atoms with Crippen LogP contribution in [0.3, 0.4) is 0 Å². The summed E-state index contributed by atoms with van der Waals surface area (Å²) in [5.41, 5.74) is 0. The van der Waals surface area contributed by atoms with E-state index in [1.807, 2.05) is 0 Å². The van der Waals surface area contributed by atoms with Crippen molar-refractivity contribution in [3.63, 3.8) is 0 Å². The fourth-order valence-electron chi connectivity index (χ4n) is 5.06. The van der Waals surface area contributed by atoms with E-state index in [-0.39, 0.29) is 0 Å². The largest absolute Gasteiger partial charge is 0.394 e. The summed E-state index contributed by atoms with van der Waals surface area (Å²) in [7, 11) is 0. The molecular formula is C35H67NO5. The molecule has 0 radical (unpaired) electrons. The van der Waals surface area contributed by atoms with E-state index in [4.69, 9.17) is 0 Å². The van der Waals surface area contributed by atoms with E-state index < -0.39 is 36.9 Å². The topological polar surface area (TPSA) is 110 Å². The molecule has 1 amide bonds. The third-order valence-corrected chi connectivity index (χ3v) is 7.89. The van der Waals surface area contributed by atoms with Crippen molar-refractivity contribution in [3.8, 4) is 0 Å². The number of carbonyl (C=O) groups excluding carboxylic acids is 1. The van der Waals surface area contributed by atoms with E-state index in [9.17, 15) is 25.2 Å². The van der Waals surface area contributed by atoms with Gasteiger partial charge in [0.1, 0.15) is 12.2 Å². The fourth-order valence-corrected chi connectivity index (χ4v) is 5.06. The van der Waals surface area contributed by atoms with Gasteiger partial charge in [-0.1, -0.05) is 134 Å². The van der Waals surface area contributed by atoms with E-state index in [1.54, 1.807) is 0 Å². The van der Waals surface area contributed by atoms with Crippen LogP contribution in [0.5, 0.6) is 0 Å². The second kappa shape index (κ2) is 30.3. The Kier molecular flexibility index (Phi) is 29.4. The second-order valence-corrected chi connectivity index (χ2v) is 11.8. The summed E-state index contributed by atoms with van der Waals surface area (Å²) in [5.74, 6) is -0.602. The highest BCUT2D eigenvalue weighted by molar-refractivity contribution is 5.80. The molecule has 41 heavy (non-hydrogen) atoms. The molecule has 0 bridgehead atoms. The summed E-state index contributed by atoms with van der Waals surface area (Å²) >= 11 is 0. The molecular weight excluding hydrogens is 514 g/mol. The molecule has 242 valence electrons. The zero-order valence-corrected chi connectivity index (χ0v) is 26.8. The van der Waals surface area contributed by atoms with Crippen molar-refractivity contribution < 1.29 is 25.2 Å². The highest BCUT2D eigenvalue weighted by Crippen LogP contribution is 2.14. The van der Waals surface area contributed by atoms with Gasteiger partial charge >= 0.3 is 0 Å². The van der Waals surface area contributed by atoms with Crippen molar-refractivity contribution >= 4 is 5.91 Å². The first kappa shape index (κ1) is 39.8. The van der Waals surface area contributed by atoms with Gasteiger partial charge in [0.2, 0.25) is 5.91 Å². The lowest BCUT2D eigenvalue weighted by atomic mass is 10.00. The number of hydrogen-bond acceptors (Lipinski definition) is 5. The smallest absolute Gasteiger partial charge is 0.249 e. The van der Waals surface area contributed by atoms with Gasteiger partial charge in [0, 0.05) is 0 Å². The molecule has 0 saturated carbocycles. The fraction of sp³-hybridized carbons (Fsp3) is 0.857. The molecule has 0 aromatic heterocycles. The number of aliphatic hydroxyl groups is 4. The molecule has 0 aromatic rings. The van der Waals surface area contributed by atoms with Crippen LogP contribution in [0.1, 0.15) is 162 Å². The van der Waals surface area contributed by atoms with Gasteiger partial charge < -0.3 is 25.7 Å². The Bertz CT molecular complexity index is 624. The maximum Gasteiger partial charge on any atom is 0.249 e. The van der Waals surface area contributed by atoms with Crippen molar-refractivity contribution in [1.29, 1.82) is 0 Å². The Morgan fingerprint density at radius 1 is 0.585 bits per heavy atom. The molecule has 0 aromatic carbocycles. The first-order valence-corrected chi connectivity index (χ1v) is 17.2. The van der Waals surface area contributed by atoms with Crippen molar-refractivity contribution in [2.75, 3.05) is 6.61 Å². The number of aliphatic hydroxyl groups excluding tert-OH is 4. The molecule has 0 saturated heterocycles. The minimum absolute atomic E-state index is 0.361. The van der Waals surface area contributed by atoms with Gasteiger partial charge in [-0.2, -0.15) is 0 Å². The first-order chi connectivity index (χ1) is 20.0. The lowest BCUT2D eigenvalue weighted by molar-refractivity contribution is -0.132. The van der Waals surface area contributed by atoms with Crippen molar-refractivity contribution in [3.05, 3.63) is 24.3 Å². The Labute approximate surface area is 253 Å². The lowest BCUT2D eigenvalue weighted by Gasteiger charge is -2.27. The number of unbranched alkanes of at least 4 members (excludes halogenated alkanes) is 17. The van der Waals surface area contributed by atoms with Gasteiger partial charge in [0.25, 0.3) is 0 Å². The van der Waals surface area contributed by atoms with E-state index >= 15 is 0 Å². The summed E-state index contributed by atoms with van der Waals surface area (Å²) < 4.78 is 0. The van der Waals surface area contributed by atoms with Crippen molar-refractivity contribution in [2.24, 2.45) is 0 Å². The van der Waals surface area contributed by atoms with Gasteiger partial charge in [0.15, 0.2) is 0 Å². The normalized spacial score (nSPS) is 15.0. The van der Waals surface area contributed by atoms with Crippen LogP contribution in [0.2, 0.25) is 0 Å². The summed E-state index contributed by atoms with van der Waals surface area (Å²) in [6.45, 7) is 3.97.